The van der Waals surface area contributed by atoms with Gasteiger partial charge in [-0.25, -0.2) is 0 Å². The molecule has 2 unspecified atom stereocenters. The van der Waals surface area contributed by atoms with E-state index in [1.54, 1.807) is 55.5 Å². The van der Waals surface area contributed by atoms with Crippen LogP contribution in [0.2, 0.25) is 0 Å². The minimum Gasteiger partial charge on any atom is -0.447 e. The van der Waals surface area contributed by atoms with Crippen LogP contribution in [0.1, 0.15) is 23.7 Å². The molecule has 0 saturated carbocycles. The van der Waals surface area contributed by atoms with E-state index in [9.17, 15) is 24.5 Å². The lowest BCUT2D eigenvalue weighted by Crippen LogP contribution is -2.33. The van der Waals surface area contributed by atoms with Crippen LogP contribution in [0.5, 0.6) is 0 Å². The maximum Gasteiger partial charge on any atom is 0.308 e. The van der Waals surface area contributed by atoms with Crippen molar-refractivity contribution in [2.45, 2.75) is 29.6 Å². The highest BCUT2D eigenvalue weighted by Gasteiger charge is 2.32. The van der Waals surface area contributed by atoms with Gasteiger partial charge in [-0.1, -0.05) is 48.5 Å². The molecule has 0 aliphatic carbocycles. The van der Waals surface area contributed by atoms with E-state index in [-0.39, 0.29) is 23.7 Å². The monoisotopic (exact) mass is 491 g/mol. The quantitative estimate of drug-likeness (QED) is 0.280. The Morgan fingerprint density at radius 3 is 2.57 bits per heavy atom. The molecule has 9 nitrogen and oxygen atoms in total. The van der Waals surface area contributed by atoms with Crippen molar-refractivity contribution in [2.24, 2.45) is 0 Å². The molecule has 1 heterocycles. The normalized spacial score (nSPS) is 15.3. The van der Waals surface area contributed by atoms with E-state index in [1.807, 2.05) is 12.1 Å². The molecule has 2 N–H and O–H groups in total. The molecule has 0 spiro atoms. The molecule has 0 bridgehead atoms. The number of nitro groups is 1. The predicted molar refractivity (Wildman–Crippen MR) is 131 cm³/mol. The number of amides is 2. The highest BCUT2D eigenvalue weighted by Crippen LogP contribution is 2.37. The average Bonchev–Trinajstić information content (AvgIpc) is 2.84. The number of aryl methyl sites for hydroxylation is 1. The number of hydrogen-bond donors (Lipinski definition) is 2. The summed E-state index contributed by atoms with van der Waals surface area (Å²) in [5.41, 5.74) is 1.44. The third kappa shape index (κ3) is 5.67. The number of hydrogen-bond acceptors (Lipinski definition) is 7. The van der Waals surface area contributed by atoms with E-state index in [2.05, 4.69) is 10.6 Å². The van der Waals surface area contributed by atoms with E-state index < -0.39 is 28.2 Å². The van der Waals surface area contributed by atoms with Gasteiger partial charge in [0.2, 0.25) is 12.0 Å². The third-order valence-electron chi connectivity index (χ3n) is 5.26. The first-order valence-electron chi connectivity index (χ1n) is 10.7. The molecular formula is C25H21N3O6S. The molecule has 0 aromatic heterocycles. The summed E-state index contributed by atoms with van der Waals surface area (Å²) < 4.78 is 5.52. The standard InChI is InChI=1S/C25H21N3O6S/c1-15-11-12-17(19(13-15)28(32)33)26-25(31)23(16-7-3-2-4-8-16)34-22(29)14-21-24(30)27-18-9-5-6-10-20(18)35-21/h2-13,21,23H,14H2,1H3,(H,26,31)(H,27,30). The van der Waals surface area contributed by atoms with Gasteiger partial charge in [-0.05, 0) is 30.7 Å². The lowest BCUT2D eigenvalue weighted by molar-refractivity contribution is -0.384. The van der Waals surface area contributed by atoms with Crippen LogP contribution in [0.3, 0.4) is 0 Å². The van der Waals surface area contributed by atoms with Crippen LogP contribution in [0.25, 0.3) is 0 Å². The van der Waals surface area contributed by atoms with Gasteiger partial charge in [0.15, 0.2) is 0 Å². The highest BCUT2D eigenvalue weighted by atomic mass is 32.2. The molecule has 10 heteroatoms. The van der Waals surface area contributed by atoms with Crippen molar-refractivity contribution in [3.63, 3.8) is 0 Å². The number of thioether (sulfide) groups is 1. The van der Waals surface area contributed by atoms with Gasteiger partial charge in [0, 0.05) is 16.5 Å². The van der Waals surface area contributed by atoms with Crippen LogP contribution < -0.4 is 10.6 Å². The number of para-hydroxylation sites is 1. The molecule has 0 fully saturated rings. The Kier molecular flexibility index (Phi) is 7.11. The molecule has 1 aliphatic rings. The summed E-state index contributed by atoms with van der Waals surface area (Å²) in [6, 6.07) is 20.0. The summed E-state index contributed by atoms with van der Waals surface area (Å²) in [5, 5.41) is 16.0. The van der Waals surface area contributed by atoms with E-state index in [1.165, 1.54) is 23.9 Å². The number of nitro benzene ring substituents is 1. The molecule has 3 aromatic rings. The highest BCUT2D eigenvalue weighted by molar-refractivity contribution is 8.01. The van der Waals surface area contributed by atoms with Crippen molar-refractivity contribution >= 4 is 46.6 Å². The molecule has 3 aromatic carbocycles. The fourth-order valence-corrected chi connectivity index (χ4v) is 4.65. The number of carbonyl (C=O) groups excluding carboxylic acids is 3. The minimum absolute atomic E-state index is 0.0126. The van der Waals surface area contributed by atoms with E-state index in [0.29, 0.717) is 16.8 Å². The smallest absolute Gasteiger partial charge is 0.308 e. The number of nitrogens with one attached hydrogen (secondary N) is 2. The molecule has 178 valence electrons. The molecule has 0 saturated heterocycles. The Hall–Kier alpha value is -4.18. The average molecular weight is 492 g/mol. The summed E-state index contributed by atoms with van der Waals surface area (Å²) in [4.78, 5) is 50.1. The second-order valence-electron chi connectivity index (χ2n) is 7.84. The number of benzene rings is 3. The molecule has 0 radical (unpaired) electrons. The maximum absolute atomic E-state index is 13.1. The van der Waals surface area contributed by atoms with Crippen molar-refractivity contribution in [1.29, 1.82) is 0 Å². The van der Waals surface area contributed by atoms with Crippen LogP contribution in [-0.4, -0.2) is 28.0 Å². The first kappa shape index (κ1) is 24.0. The molecule has 35 heavy (non-hydrogen) atoms. The lowest BCUT2D eigenvalue weighted by Gasteiger charge is -2.24. The number of anilines is 2. The fourth-order valence-electron chi connectivity index (χ4n) is 3.56. The third-order valence-corrected chi connectivity index (χ3v) is 6.53. The van der Waals surface area contributed by atoms with Crippen molar-refractivity contribution in [2.75, 3.05) is 10.6 Å². The summed E-state index contributed by atoms with van der Waals surface area (Å²) in [6.07, 6.45) is -1.62. The molecule has 4 rings (SSSR count). The van der Waals surface area contributed by atoms with Gasteiger partial charge in [-0.15, -0.1) is 11.8 Å². The summed E-state index contributed by atoms with van der Waals surface area (Å²) in [6.45, 7) is 1.70. The Morgan fingerprint density at radius 1 is 1.11 bits per heavy atom. The van der Waals surface area contributed by atoms with E-state index >= 15 is 0 Å². The molecule has 1 aliphatic heterocycles. The SMILES string of the molecule is Cc1ccc(NC(=O)C(OC(=O)CC2Sc3ccccc3NC2=O)c2ccccc2)c([N+](=O)[O-])c1. The van der Waals surface area contributed by atoms with Crippen molar-refractivity contribution in [3.8, 4) is 0 Å². The van der Waals surface area contributed by atoms with Crippen molar-refractivity contribution < 1.29 is 24.0 Å². The number of esters is 1. The zero-order valence-electron chi connectivity index (χ0n) is 18.6. The Labute approximate surface area is 205 Å². The van der Waals surface area contributed by atoms with Gasteiger partial charge in [0.1, 0.15) is 5.69 Å². The van der Waals surface area contributed by atoms with Gasteiger partial charge >= 0.3 is 5.97 Å². The zero-order valence-corrected chi connectivity index (χ0v) is 19.4. The molecular weight excluding hydrogens is 470 g/mol. The lowest BCUT2D eigenvalue weighted by atomic mass is 10.1. The number of nitrogens with zero attached hydrogens (tertiary/aromatic N) is 1. The number of rotatable bonds is 7. The number of fused-ring (bicyclic) bond motifs is 1. The van der Waals surface area contributed by atoms with Crippen LogP contribution in [0, 0.1) is 17.0 Å². The van der Waals surface area contributed by atoms with Gasteiger partial charge < -0.3 is 15.4 Å². The summed E-state index contributed by atoms with van der Waals surface area (Å²) >= 11 is 1.25. The molecule has 2 amide bonds. The Morgan fingerprint density at radius 2 is 1.83 bits per heavy atom. The number of ether oxygens (including phenoxy) is 1. The van der Waals surface area contributed by atoms with Crippen LogP contribution in [0.15, 0.2) is 77.7 Å². The second-order valence-corrected chi connectivity index (χ2v) is 9.09. The summed E-state index contributed by atoms with van der Waals surface area (Å²) in [5.74, 6) is -1.83. The van der Waals surface area contributed by atoms with Gasteiger partial charge in [0.05, 0.1) is 22.3 Å². The van der Waals surface area contributed by atoms with Crippen LogP contribution >= 0.6 is 11.8 Å². The zero-order chi connectivity index (χ0) is 24.9. The Balaban J connectivity index is 1.52. The Bertz CT molecular complexity index is 1300. The van der Waals surface area contributed by atoms with E-state index in [0.717, 1.165) is 4.90 Å². The fraction of sp³-hybridized carbons (Fsp3) is 0.160. The maximum atomic E-state index is 13.1. The van der Waals surface area contributed by atoms with Crippen LogP contribution in [0.4, 0.5) is 17.1 Å². The second kappa shape index (κ2) is 10.4. The van der Waals surface area contributed by atoms with Gasteiger partial charge in [0.25, 0.3) is 11.6 Å². The van der Waals surface area contributed by atoms with Crippen molar-refractivity contribution in [1.82, 2.24) is 0 Å². The predicted octanol–water partition coefficient (Wildman–Crippen LogP) is 4.63. The first-order chi connectivity index (χ1) is 16.8. The van der Waals surface area contributed by atoms with E-state index in [4.69, 9.17) is 4.74 Å². The van der Waals surface area contributed by atoms with Gasteiger partial charge in [-0.2, -0.15) is 0 Å². The number of carbonyl (C=O) groups is 3. The minimum atomic E-state index is -1.37. The van der Waals surface area contributed by atoms with Crippen LogP contribution in [-0.2, 0) is 19.1 Å². The topological polar surface area (TPSA) is 128 Å². The summed E-state index contributed by atoms with van der Waals surface area (Å²) in [7, 11) is 0. The molecule has 2 atom stereocenters. The van der Waals surface area contributed by atoms with Gasteiger partial charge in [-0.3, -0.25) is 24.5 Å². The first-order valence-corrected chi connectivity index (χ1v) is 11.6. The van der Waals surface area contributed by atoms with Crippen molar-refractivity contribution in [3.05, 3.63) is 94.0 Å². The largest absolute Gasteiger partial charge is 0.447 e.